The Morgan fingerprint density at radius 3 is 2.52 bits per heavy atom. The summed E-state index contributed by atoms with van der Waals surface area (Å²) >= 11 is 18.1. The minimum absolute atomic E-state index is 0.0907. The molecule has 1 saturated heterocycles. The van der Waals surface area contributed by atoms with Gasteiger partial charge in [0, 0.05) is 5.57 Å². The Bertz CT molecular complexity index is 760. The van der Waals surface area contributed by atoms with E-state index >= 15 is 0 Å². The van der Waals surface area contributed by atoms with E-state index in [-0.39, 0.29) is 30.2 Å². The maximum absolute atomic E-state index is 12.7. The second-order valence-electron chi connectivity index (χ2n) is 6.60. The first-order valence-electron chi connectivity index (χ1n) is 9.33. The Morgan fingerprint density at radius 2 is 1.94 bits per heavy atom. The van der Waals surface area contributed by atoms with Gasteiger partial charge in [-0.1, -0.05) is 54.6 Å². The SMILES string of the molecule is CCCCCOC(=O)NC1S[C@@H]2CC(=O)N2C(C(=O)OCC(Cl)(Cl)Cl)=C1COC(N)=O. The first-order valence-corrected chi connectivity index (χ1v) is 11.4. The van der Waals surface area contributed by atoms with Crippen LogP contribution in [0.15, 0.2) is 11.3 Å². The Balaban J connectivity index is 2.25. The number of alkyl halides is 3. The van der Waals surface area contributed by atoms with Crippen LogP contribution in [-0.4, -0.2) is 63.3 Å². The molecule has 2 rings (SSSR count). The Hall–Kier alpha value is -1.56. The maximum Gasteiger partial charge on any atom is 0.408 e. The molecular weight excluding hydrogens is 497 g/mol. The third-order valence-electron chi connectivity index (χ3n) is 4.22. The lowest BCUT2D eigenvalue weighted by Gasteiger charge is -2.46. The van der Waals surface area contributed by atoms with Crippen LogP contribution >= 0.6 is 46.6 Å². The highest BCUT2D eigenvalue weighted by Gasteiger charge is 2.49. The van der Waals surface area contributed by atoms with Crippen molar-refractivity contribution in [1.29, 1.82) is 0 Å². The predicted molar refractivity (Wildman–Crippen MR) is 114 cm³/mol. The summed E-state index contributed by atoms with van der Waals surface area (Å²) in [6.45, 7) is 1.18. The molecular formula is C17H22Cl3N3O7S. The van der Waals surface area contributed by atoms with Crippen molar-refractivity contribution in [1.82, 2.24) is 10.2 Å². The van der Waals surface area contributed by atoms with Crippen molar-refractivity contribution in [3.8, 4) is 0 Å². The van der Waals surface area contributed by atoms with Crippen LogP contribution in [0.2, 0.25) is 0 Å². The molecule has 0 aromatic carbocycles. The standard InChI is InChI=1S/C17H22Cl3N3O7S/c1-2-3-4-5-28-16(27)22-13-9(7-29-15(21)26)12(14(25)30-8-17(18,19)20)23-10(24)6-11(23)31-13/h11,13H,2-8H2,1H3,(H2,21,26)(H,22,27)/t11-,13?/m1/s1. The topological polar surface area (TPSA) is 137 Å². The number of rotatable bonds is 9. The van der Waals surface area contributed by atoms with Crippen LogP contribution in [0.25, 0.3) is 0 Å². The first-order chi connectivity index (χ1) is 14.5. The molecule has 3 N–H and O–H groups in total. The first kappa shape index (κ1) is 25.7. The average Bonchev–Trinajstić information content (AvgIpc) is 2.66. The number of β-lactam (4-membered cyclic amide) rings is 1. The van der Waals surface area contributed by atoms with Crippen molar-refractivity contribution < 1.29 is 33.4 Å². The van der Waals surface area contributed by atoms with E-state index in [9.17, 15) is 19.2 Å². The number of nitrogens with two attached hydrogens (primary N) is 1. The number of carbonyl (C=O) groups is 4. The molecule has 1 fully saturated rings. The molecule has 2 heterocycles. The number of nitrogens with one attached hydrogen (secondary N) is 1. The van der Waals surface area contributed by atoms with Gasteiger partial charge in [0.2, 0.25) is 9.70 Å². The van der Waals surface area contributed by atoms with Crippen LogP contribution in [0, 0.1) is 0 Å². The van der Waals surface area contributed by atoms with Crippen LogP contribution in [0.4, 0.5) is 9.59 Å². The van der Waals surface area contributed by atoms with Gasteiger partial charge in [-0.2, -0.15) is 0 Å². The van der Waals surface area contributed by atoms with Crippen molar-refractivity contribution >= 4 is 70.6 Å². The van der Waals surface area contributed by atoms with Crippen LogP contribution in [-0.2, 0) is 23.8 Å². The highest BCUT2D eigenvalue weighted by atomic mass is 35.6. The summed E-state index contributed by atoms with van der Waals surface area (Å²) in [6, 6.07) is 0. The van der Waals surface area contributed by atoms with E-state index in [1.54, 1.807) is 0 Å². The number of fused-ring (bicyclic) bond motifs is 1. The molecule has 2 aliphatic rings. The summed E-state index contributed by atoms with van der Waals surface area (Å²) < 4.78 is 13.1. The summed E-state index contributed by atoms with van der Waals surface area (Å²) in [4.78, 5) is 49.4. The summed E-state index contributed by atoms with van der Waals surface area (Å²) in [5.41, 5.74) is 4.93. The van der Waals surface area contributed by atoms with Crippen LogP contribution in [0.3, 0.4) is 0 Å². The Labute approximate surface area is 198 Å². The minimum Gasteiger partial charge on any atom is -0.456 e. The van der Waals surface area contributed by atoms with Gasteiger partial charge in [-0.3, -0.25) is 9.69 Å². The molecule has 0 radical (unpaired) electrons. The summed E-state index contributed by atoms with van der Waals surface area (Å²) in [5.74, 6) is -1.33. The Morgan fingerprint density at radius 1 is 1.23 bits per heavy atom. The lowest BCUT2D eigenvalue weighted by atomic mass is 10.1. The summed E-state index contributed by atoms with van der Waals surface area (Å²) in [7, 11) is 0. The van der Waals surface area contributed by atoms with Crippen LogP contribution in [0.5, 0.6) is 0 Å². The highest BCUT2D eigenvalue weighted by Crippen LogP contribution is 2.43. The van der Waals surface area contributed by atoms with Crippen molar-refractivity contribution in [3.05, 3.63) is 11.3 Å². The number of nitrogens with zero attached hydrogens (tertiary/aromatic N) is 1. The molecule has 0 spiro atoms. The molecule has 1 unspecified atom stereocenters. The third kappa shape index (κ3) is 7.51. The van der Waals surface area contributed by atoms with Gasteiger partial charge < -0.3 is 25.3 Å². The van der Waals surface area contributed by atoms with E-state index in [4.69, 9.17) is 54.7 Å². The van der Waals surface area contributed by atoms with E-state index in [0.29, 0.717) is 6.42 Å². The zero-order chi connectivity index (χ0) is 23.2. The van der Waals surface area contributed by atoms with Crippen molar-refractivity contribution in [2.24, 2.45) is 5.73 Å². The summed E-state index contributed by atoms with van der Waals surface area (Å²) in [5, 5.41) is 1.33. The fraction of sp³-hybridized carbons (Fsp3) is 0.647. The van der Waals surface area contributed by atoms with Crippen LogP contribution < -0.4 is 11.1 Å². The number of hydrogen-bond donors (Lipinski definition) is 2. The number of hydrogen-bond acceptors (Lipinski definition) is 8. The molecule has 0 saturated carbocycles. The molecule has 0 aromatic heterocycles. The van der Waals surface area contributed by atoms with E-state index in [1.807, 2.05) is 6.92 Å². The molecule has 14 heteroatoms. The fourth-order valence-corrected chi connectivity index (χ4v) is 4.38. The van der Waals surface area contributed by atoms with Gasteiger partial charge >= 0.3 is 18.2 Å². The zero-order valence-electron chi connectivity index (χ0n) is 16.5. The van der Waals surface area contributed by atoms with Gasteiger partial charge in [-0.25, -0.2) is 14.4 Å². The second-order valence-corrected chi connectivity index (χ2v) is 10.4. The third-order valence-corrected chi connectivity index (χ3v) is 5.91. The number of alkyl carbamates (subject to hydrolysis) is 1. The van der Waals surface area contributed by atoms with Gasteiger partial charge in [-0.05, 0) is 6.42 Å². The minimum atomic E-state index is -1.87. The molecule has 2 atom stereocenters. The normalized spacial score (nSPS) is 20.5. The van der Waals surface area contributed by atoms with Gasteiger partial charge in [0.25, 0.3) is 0 Å². The smallest absolute Gasteiger partial charge is 0.408 e. The number of primary amides is 1. The monoisotopic (exact) mass is 517 g/mol. The molecule has 174 valence electrons. The quantitative estimate of drug-likeness (QED) is 0.156. The second kappa shape index (κ2) is 11.3. The number of carbonyl (C=O) groups excluding carboxylic acids is 4. The Kier molecular flexibility index (Phi) is 9.41. The van der Waals surface area contributed by atoms with Gasteiger partial charge in [0.15, 0.2) is 0 Å². The number of esters is 1. The van der Waals surface area contributed by atoms with E-state index in [0.717, 1.165) is 12.8 Å². The number of thioether (sulfide) groups is 1. The largest absolute Gasteiger partial charge is 0.456 e. The predicted octanol–water partition coefficient (Wildman–Crippen LogP) is 2.80. The van der Waals surface area contributed by atoms with E-state index in [2.05, 4.69) is 5.32 Å². The molecule has 0 aliphatic carbocycles. The number of ether oxygens (including phenoxy) is 3. The van der Waals surface area contributed by atoms with Crippen molar-refractivity contribution in [2.75, 3.05) is 19.8 Å². The zero-order valence-corrected chi connectivity index (χ0v) is 19.6. The number of halogens is 3. The maximum atomic E-state index is 12.7. The molecule has 0 bridgehead atoms. The van der Waals surface area contributed by atoms with Crippen molar-refractivity contribution in [3.63, 3.8) is 0 Å². The fourth-order valence-electron chi connectivity index (χ4n) is 2.81. The molecule has 10 nitrogen and oxygen atoms in total. The molecule has 3 amide bonds. The highest BCUT2D eigenvalue weighted by molar-refractivity contribution is 8.00. The molecule has 2 aliphatic heterocycles. The molecule has 31 heavy (non-hydrogen) atoms. The van der Waals surface area contributed by atoms with Crippen LogP contribution in [0.1, 0.15) is 32.6 Å². The molecule has 0 aromatic rings. The summed E-state index contributed by atoms with van der Waals surface area (Å²) in [6.07, 6.45) is 0.879. The van der Waals surface area contributed by atoms with Gasteiger partial charge in [-0.15, -0.1) is 11.8 Å². The number of unbranched alkanes of at least 4 members (excludes halogenated alkanes) is 2. The van der Waals surface area contributed by atoms with Gasteiger partial charge in [0.05, 0.1) is 18.4 Å². The van der Waals surface area contributed by atoms with Crippen molar-refractivity contribution in [2.45, 2.75) is 47.1 Å². The lowest BCUT2D eigenvalue weighted by Crippen LogP contribution is -2.58. The average molecular weight is 519 g/mol. The number of amides is 3. The van der Waals surface area contributed by atoms with Gasteiger partial charge in [0.1, 0.15) is 24.3 Å². The van der Waals surface area contributed by atoms with E-state index < -0.39 is 45.9 Å². The lowest BCUT2D eigenvalue weighted by molar-refractivity contribution is -0.149. The van der Waals surface area contributed by atoms with E-state index in [1.165, 1.54) is 16.7 Å².